The molecule has 0 saturated heterocycles. The smallest absolute Gasteiger partial charge is 0.303 e. The fourth-order valence-electron chi connectivity index (χ4n) is 1.17. The van der Waals surface area contributed by atoms with Crippen LogP contribution in [0.15, 0.2) is 24.3 Å². The molecule has 0 bridgehead atoms. The minimum Gasteiger partial charge on any atom is -0.453 e. The van der Waals surface area contributed by atoms with Crippen molar-refractivity contribution in [2.75, 3.05) is 5.32 Å². The number of hydrogen-bond donors (Lipinski definition) is 1. The fraction of sp³-hybridized carbons (Fsp3) is 0.250. The fourth-order valence-corrected chi connectivity index (χ4v) is 1.17. The first-order valence-corrected chi connectivity index (χ1v) is 5.01. The minimum absolute atomic E-state index is 0.412. The number of benzene rings is 1. The largest absolute Gasteiger partial charge is 0.453 e. The summed E-state index contributed by atoms with van der Waals surface area (Å²) in [5, 5.41) is 11.2. The summed E-state index contributed by atoms with van der Waals surface area (Å²) in [6.45, 7) is 2.73. The van der Waals surface area contributed by atoms with Gasteiger partial charge < -0.3 is 10.1 Å². The summed E-state index contributed by atoms with van der Waals surface area (Å²) < 4.78 is 4.73. The number of hydrogen-bond acceptors (Lipinski definition) is 4. The Morgan fingerprint density at radius 1 is 1.35 bits per heavy atom. The van der Waals surface area contributed by atoms with E-state index in [0.29, 0.717) is 11.3 Å². The number of nitrogens with one attached hydrogen (secondary N) is 1. The maximum atomic E-state index is 11.5. The van der Waals surface area contributed by atoms with Gasteiger partial charge >= 0.3 is 5.97 Å². The van der Waals surface area contributed by atoms with Crippen LogP contribution in [-0.2, 0) is 14.3 Å². The highest BCUT2D eigenvalue weighted by Crippen LogP contribution is 2.09. The van der Waals surface area contributed by atoms with Gasteiger partial charge in [-0.25, -0.2) is 0 Å². The molecule has 1 rings (SSSR count). The molecule has 1 N–H and O–H groups in total. The van der Waals surface area contributed by atoms with Crippen LogP contribution >= 0.6 is 0 Å². The van der Waals surface area contributed by atoms with E-state index in [2.05, 4.69) is 5.32 Å². The van der Waals surface area contributed by atoms with Crippen LogP contribution in [0.4, 0.5) is 5.69 Å². The van der Waals surface area contributed by atoms with Crippen molar-refractivity contribution in [1.82, 2.24) is 0 Å². The zero-order valence-electron chi connectivity index (χ0n) is 9.56. The van der Waals surface area contributed by atoms with Crippen molar-refractivity contribution in [1.29, 1.82) is 5.26 Å². The number of esters is 1. The summed E-state index contributed by atoms with van der Waals surface area (Å²) in [7, 11) is 0. The van der Waals surface area contributed by atoms with Gasteiger partial charge in [-0.1, -0.05) is 0 Å². The summed E-state index contributed by atoms with van der Waals surface area (Å²) in [6.07, 6.45) is -0.844. The normalized spacial score (nSPS) is 11.1. The second-order valence-electron chi connectivity index (χ2n) is 3.43. The highest BCUT2D eigenvalue weighted by atomic mass is 16.5. The number of carbonyl (C=O) groups excluding carboxylic acids is 2. The monoisotopic (exact) mass is 232 g/mol. The lowest BCUT2D eigenvalue weighted by Gasteiger charge is -2.11. The molecule has 0 heterocycles. The van der Waals surface area contributed by atoms with Crippen LogP contribution in [0, 0.1) is 11.3 Å². The third-order valence-corrected chi connectivity index (χ3v) is 1.99. The molecule has 0 aliphatic rings. The molecule has 0 radical (unpaired) electrons. The molecule has 88 valence electrons. The van der Waals surface area contributed by atoms with Crippen LogP contribution in [0.1, 0.15) is 19.4 Å². The first kappa shape index (κ1) is 12.7. The molecule has 0 spiro atoms. The zero-order chi connectivity index (χ0) is 12.8. The average molecular weight is 232 g/mol. The quantitative estimate of drug-likeness (QED) is 0.800. The van der Waals surface area contributed by atoms with E-state index in [9.17, 15) is 9.59 Å². The van der Waals surface area contributed by atoms with Crippen molar-refractivity contribution in [3.8, 4) is 6.07 Å². The van der Waals surface area contributed by atoms with Crippen molar-refractivity contribution < 1.29 is 14.3 Å². The lowest BCUT2D eigenvalue weighted by Crippen LogP contribution is -2.29. The van der Waals surface area contributed by atoms with E-state index in [-0.39, 0.29) is 0 Å². The number of amides is 1. The second-order valence-corrected chi connectivity index (χ2v) is 3.43. The Labute approximate surface area is 99.0 Å². The Bertz CT molecular complexity index is 460. The molecule has 0 unspecified atom stereocenters. The summed E-state index contributed by atoms with van der Waals surface area (Å²) >= 11 is 0. The van der Waals surface area contributed by atoms with Crippen molar-refractivity contribution in [2.45, 2.75) is 20.0 Å². The van der Waals surface area contributed by atoms with Crippen molar-refractivity contribution >= 4 is 17.6 Å². The van der Waals surface area contributed by atoms with Gasteiger partial charge in [-0.15, -0.1) is 0 Å². The summed E-state index contributed by atoms with van der Waals surface area (Å²) in [5.74, 6) is -0.919. The van der Waals surface area contributed by atoms with E-state index >= 15 is 0 Å². The third-order valence-electron chi connectivity index (χ3n) is 1.99. The Balaban J connectivity index is 2.61. The lowest BCUT2D eigenvalue weighted by atomic mass is 10.2. The molecule has 0 saturated carbocycles. The van der Waals surface area contributed by atoms with E-state index in [0.717, 1.165) is 0 Å². The first-order valence-electron chi connectivity index (χ1n) is 5.01. The predicted octanol–water partition coefficient (Wildman–Crippen LogP) is 1.45. The van der Waals surface area contributed by atoms with Crippen molar-refractivity contribution in [3.63, 3.8) is 0 Å². The van der Waals surface area contributed by atoms with Gasteiger partial charge in [0.25, 0.3) is 5.91 Å². The number of nitriles is 1. The van der Waals surface area contributed by atoms with Crippen LogP contribution in [0.25, 0.3) is 0 Å². The lowest BCUT2D eigenvalue weighted by molar-refractivity contribution is -0.150. The predicted molar refractivity (Wildman–Crippen MR) is 61.0 cm³/mol. The summed E-state index contributed by atoms with van der Waals surface area (Å²) in [6, 6.07) is 8.37. The van der Waals surface area contributed by atoms with Crippen LogP contribution in [0.5, 0.6) is 0 Å². The second kappa shape index (κ2) is 5.66. The molecule has 0 aliphatic carbocycles. The molecular formula is C12H12N2O3. The molecule has 1 atom stereocenters. The Hall–Kier alpha value is -2.35. The molecule has 1 aromatic rings. The molecule has 0 aliphatic heterocycles. The van der Waals surface area contributed by atoms with Gasteiger partial charge in [0.1, 0.15) is 0 Å². The van der Waals surface area contributed by atoms with Gasteiger partial charge in [-0.3, -0.25) is 9.59 Å². The molecular weight excluding hydrogens is 220 g/mol. The van der Waals surface area contributed by atoms with E-state index in [1.807, 2.05) is 6.07 Å². The van der Waals surface area contributed by atoms with E-state index in [1.54, 1.807) is 24.3 Å². The number of nitrogens with zero attached hydrogens (tertiary/aromatic N) is 1. The highest BCUT2D eigenvalue weighted by Gasteiger charge is 2.15. The van der Waals surface area contributed by atoms with E-state index < -0.39 is 18.0 Å². The molecule has 5 nitrogen and oxygen atoms in total. The van der Waals surface area contributed by atoms with Gasteiger partial charge in [-0.05, 0) is 31.2 Å². The zero-order valence-corrected chi connectivity index (χ0v) is 9.56. The van der Waals surface area contributed by atoms with Crippen molar-refractivity contribution in [2.24, 2.45) is 0 Å². The van der Waals surface area contributed by atoms with E-state index in [4.69, 9.17) is 10.00 Å². The van der Waals surface area contributed by atoms with Crippen LogP contribution in [0.2, 0.25) is 0 Å². The van der Waals surface area contributed by atoms with Gasteiger partial charge in [0, 0.05) is 12.6 Å². The SMILES string of the molecule is CC(=O)O[C@@H](C)C(=O)Nc1ccc(C#N)cc1. The molecule has 1 amide bonds. The summed E-state index contributed by atoms with van der Waals surface area (Å²) in [5.41, 5.74) is 1.06. The van der Waals surface area contributed by atoms with Crippen LogP contribution in [-0.4, -0.2) is 18.0 Å². The molecule has 1 aromatic carbocycles. The number of rotatable bonds is 3. The Morgan fingerprint density at radius 3 is 2.41 bits per heavy atom. The van der Waals surface area contributed by atoms with E-state index in [1.165, 1.54) is 13.8 Å². The van der Waals surface area contributed by atoms with Gasteiger partial charge in [0.15, 0.2) is 6.10 Å². The number of anilines is 1. The topological polar surface area (TPSA) is 79.2 Å². The third kappa shape index (κ3) is 3.95. The maximum absolute atomic E-state index is 11.5. The minimum atomic E-state index is -0.844. The number of ether oxygens (including phenoxy) is 1. The number of carbonyl (C=O) groups is 2. The standard InChI is InChI=1S/C12H12N2O3/c1-8(17-9(2)15)12(16)14-11-5-3-10(7-13)4-6-11/h3-6,8H,1-2H3,(H,14,16)/t8-/m0/s1. The van der Waals surface area contributed by atoms with Crippen LogP contribution < -0.4 is 5.32 Å². The molecule has 0 aromatic heterocycles. The Kier molecular flexibility index (Phi) is 4.23. The molecule has 5 heteroatoms. The van der Waals surface area contributed by atoms with Crippen molar-refractivity contribution in [3.05, 3.63) is 29.8 Å². The molecule has 17 heavy (non-hydrogen) atoms. The first-order chi connectivity index (χ1) is 8.02. The van der Waals surface area contributed by atoms with Crippen LogP contribution in [0.3, 0.4) is 0 Å². The average Bonchev–Trinajstić information content (AvgIpc) is 2.29. The molecule has 0 fully saturated rings. The van der Waals surface area contributed by atoms with Gasteiger partial charge in [0.2, 0.25) is 0 Å². The maximum Gasteiger partial charge on any atom is 0.303 e. The summed E-state index contributed by atoms with van der Waals surface area (Å²) in [4.78, 5) is 22.2. The Morgan fingerprint density at radius 2 is 1.94 bits per heavy atom. The van der Waals surface area contributed by atoms with Gasteiger partial charge in [0.05, 0.1) is 11.6 Å². The highest BCUT2D eigenvalue weighted by molar-refractivity contribution is 5.94. The van der Waals surface area contributed by atoms with Gasteiger partial charge in [-0.2, -0.15) is 5.26 Å².